The van der Waals surface area contributed by atoms with Gasteiger partial charge >= 0.3 is 5.69 Å². The van der Waals surface area contributed by atoms with Crippen LogP contribution < -0.4 is 11.2 Å². The van der Waals surface area contributed by atoms with E-state index >= 15 is 0 Å². The molecule has 1 unspecified atom stereocenters. The van der Waals surface area contributed by atoms with Crippen molar-refractivity contribution in [2.24, 2.45) is 11.8 Å². The Balaban J connectivity index is 1.58. The number of aromatic amines is 2. The highest BCUT2D eigenvalue weighted by Crippen LogP contribution is 2.40. The van der Waals surface area contributed by atoms with E-state index in [9.17, 15) is 9.59 Å². The van der Waals surface area contributed by atoms with Gasteiger partial charge in [-0.2, -0.15) is 0 Å². The van der Waals surface area contributed by atoms with Crippen molar-refractivity contribution < 1.29 is 0 Å². The maximum Gasteiger partial charge on any atom is 0.325 e. The molecule has 1 aromatic carbocycles. The summed E-state index contributed by atoms with van der Waals surface area (Å²) in [5, 5.41) is 0. The predicted molar refractivity (Wildman–Crippen MR) is 117 cm³/mol. The molecule has 2 aliphatic rings. The fourth-order valence-electron chi connectivity index (χ4n) is 5.10. The highest BCUT2D eigenvalue weighted by molar-refractivity contribution is 5.34. The van der Waals surface area contributed by atoms with E-state index < -0.39 is 0 Å². The molecule has 0 amide bonds. The molecule has 1 atom stereocenters. The SMILES string of the molecule is CCc1ccccc1Cc1c(=O)[nH]c(=O)[nH]c1[C@H]1CC[C@H](C2C=CC=CC2)CC1. The van der Waals surface area contributed by atoms with Crippen molar-refractivity contribution in [3.05, 3.63) is 91.8 Å². The smallest absolute Gasteiger partial charge is 0.311 e. The van der Waals surface area contributed by atoms with Crippen LogP contribution in [-0.2, 0) is 12.8 Å². The largest absolute Gasteiger partial charge is 0.325 e. The monoisotopic (exact) mass is 390 g/mol. The van der Waals surface area contributed by atoms with Crippen LogP contribution in [0.25, 0.3) is 0 Å². The van der Waals surface area contributed by atoms with E-state index in [1.165, 1.54) is 11.1 Å². The first-order valence-electron chi connectivity index (χ1n) is 10.9. The summed E-state index contributed by atoms with van der Waals surface area (Å²) in [5.41, 5.74) is 3.39. The van der Waals surface area contributed by atoms with Crippen LogP contribution in [0.1, 0.15) is 67.3 Å². The van der Waals surface area contributed by atoms with Crippen LogP contribution in [0.4, 0.5) is 0 Å². The van der Waals surface area contributed by atoms with Gasteiger partial charge in [0.25, 0.3) is 5.56 Å². The van der Waals surface area contributed by atoms with Crippen LogP contribution in [0.2, 0.25) is 0 Å². The molecule has 1 fully saturated rings. The Bertz CT molecular complexity index is 1020. The minimum absolute atomic E-state index is 0.239. The lowest BCUT2D eigenvalue weighted by Crippen LogP contribution is -2.31. The van der Waals surface area contributed by atoms with Crippen LogP contribution >= 0.6 is 0 Å². The number of nitrogens with one attached hydrogen (secondary N) is 2. The fraction of sp³-hybridized carbons (Fsp3) is 0.440. The zero-order chi connectivity index (χ0) is 20.2. The van der Waals surface area contributed by atoms with E-state index in [4.69, 9.17) is 0 Å². The molecule has 0 bridgehead atoms. The lowest BCUT2D eigenvalue weighted by Gasteiger charge is -2.33. The quantitative estimate of drug-likeness (QED) is 0.782. The van der Waals surface area contributed by atoms with Crippen LogP contribution in [-0.4, -0.2) is 9.97 Å². The van der Waals surface area contributed by atoms with Gasteiger partial charge in [0.2, 0.25) is 0 Å². The van der Waals surface area contributed by atoms with Gasteiger partial charge < -0.3 is 4.98 Å². The molecule has 4 heteroatoms. The number of benzene rings is 1. The highest BCUT2D eigenvalue weighted by Gasteiger charge is 2.29. The first-order valence-corrected chi connectivity index (χ1v) is 10.9. The van der Waals surface area contributed by atoms with E-state index in [0.29, 0.717) is 18.3 Å². The second-order valence-corrected chi connectivity index (χ2v) is 8.42. The number of H-pyrrole nitrogens is 2. The molecule has 29 heavy (non-hydrogen) atoms. The molecule has 1 saturated carbocycles. The number of hydrogen-bond donors (Lipinski definition) is 2. The summed E-state index contributed by atoms with van der Waals surface area (Å²) >= 11 is 0. The van der Waals surface area contributed by atoms with Crippen LogP contribution in [0.3, 0.4) is 0 Å². The van der Waals surface area contributed by atoms with Crippen molar-refractivity contribution in [3.8, 4) is 0 Å². The first-order chi connectivity index (χ1) is 14.2. The van der Waals surface area contributed by atoms with Crippen molar-refractivity contribution >= 4 is 0 Å². The average Bonchev–Trinajstić information content (AvgIpc) is 2.76. The molecular formula is C25H30N2O2. The summed E-state index contributed by atoms with van der Waals surface area (Å²) < 4.78 is 0. The maximum absolute atomic E-state index is 12.7. The van der Waals surface area contributed by atoms with Gasteiger partial charge in [-0.3, -0.25) is 9.78 Å². The zero-order valence-electron chi connectivity index (χ0n) is 17.1. The Morgan fingerprint density at radius 3 is 2.41 bits per heavy atom. The summed E-state index contributed by atoms with van der Waals surface area (Å²) in [4.78, 5) is 30.2. The lowest BCUT2D eigenvalue weighted by atomic mass is 9.72. The Kier molecular flexibility index (Phi) is 5.98. The van der Waals surface area contributed by atoms with Crippen molar-refractivity contribution in [3.63, 3.8) is 0 Å². The van der Waals surface area contributed by atoms with E-state index in [1.54, 1.807) is 0 Å². The Labute approximate surface area is 171 Å². The van der Waals surface area contributed by atoms with E-state index in [2.05, 4.69) is 53.3 Å². The van der Waals surface area contributed by atoms with Crippen LogP contribution in [0, 0.1) is 11.8 Å². The molecule has 1 heterocycles. The normalized spacial score (nSPS) is 24.0. The molecule has 0 spiro atoms. The molecule has 0 saturated heterocycles. The van der Waals surface area contributed by atoms with Crippen LogP contribution in [0.15, 0.2) is 58.2 Å². The van der Waals surface area contributed by atoms with Gasteiger partial charge in [0.1, 0.15) is 0 Å². The number of allylic oxidation sites excluding steroid dienone is 4. The number of aromatic nitrogens is 2. The van der Waals surface area contributed by atoms with E-state index in [0.717, 1.165) is 49.8 Å². The molecule has 4 rings (SSSR count). The molecule has 0 radical (unpaired) electrons. The third-order valence-electron chi connectivity index (χ3n) is 6.74. The average molecular weight is 391 g/mol. The summed E-state index contributed by atoms with van der Waals surface area (Å²) in [7, 11) is 0. The zero-order valence-corrected chi connectivity index (χ0v) is 17.1. The van der Waals surface area contributed by atoms with Gasteiger partial charge in [-0.1, -0.05) is 55.5 Å². The minimum Gasteiger partial charge on any atom is -0.311 e. The molecule has 2 aromatic rings. The lowest BCUT2D eigenvalue weighted by molar-refractivity contribution is 0.262. The fourth-order valence-corrected chi connectivity index (χ4v) is 5.10. The van der Waals surface area contributed by atoms with Crippen molar-refractivity contribution in [1.82, 2.24) is 9.97 Å². The first kappa shape index (κ1) is 19.7. The standard InChI is InChI=1S/C25H30N2O2/c1-2-17-8-6-7-11-21(17)16-22-23(26-25(29)27-24(22)28)20-14-12-19(13-15-20)18-9-4-3-5-10-18/h3-9,11,18-20H,2,10,12-16H2,1H3,(H2,26,27,28,29)/t18?,19-,20-. The van der Waals surface area contributed by atoms with Gasteiger partial charge in [0.05, 0.1) is 0 Å². The Hall–Kier alpha value is -2.62. The Morgan fingerprint density at radius 2 is 1.72 bits per heavy atom. The summed E-state index contributed by atoms with van der Waals surface area (Å²) in [5.74, 6) is 1.59. The van der Waals surface area contributed by atoms with Crippen LogP contribution in [0.5, 0.6) is 0 Å². The third-order valence-corrected chi connectivity index (χ3v) is 6.74. The maximum atomic E-state index is 12.7. The second-order valence-electron chi connectivity index (χ2n) is 8.42. The molecule has 1 aromatic heterocycles. The Morgan fingerprint density at radius 1 is 0.966 bits per heavy atom. The summed E-state index contributed by atoms with van der Waals surface area (Å²) in [6.45, 7) is 2.13. The number of rotatable bonds is 5. The molecule has 2 aliphatic carbocycles. The van der Waals surface area contributed by atoms with Gasteiger partial charge in [-0.25, -0.2) is 4.79 Å². The van der Waals surface area contributed by atoms with Gasteiger partial charge in [0, 0.05) is 17.7 Å². The number of hydrogen-bond acceptors (Lipinski definition) is 2. The topological polar surface area (TPSA) is 65.7 Å². The third kappa shape index (κ3) is 4.36. The molecular weight excluding hydrogens is 360 g/mol. The van der Waals surface area contributed by atoms with Gasteiger partial charge in [-0.05, 0) is 67.4 Å². The molecule has 152 valence electrons. The summed E-state index contributed by atoms with van der Waals surface area (Å²) in [6.07, 6.45) is 15.9. The molecule has 4 nitrogen and oxygen atoms in total. The van der Waals surface area contributed by atoms with Crippen molar-refractivity contribution in [1.29, 1.82) is 0 Å². The van der Waals surface area contributed by atoms with E-state index in [-0.39, 0.29) is 17.2 Å². The number of aryl methyl sites for hydroxylation is 1. The predicted octanol–water partition coefficient (Wildman–Crippen LogP) is 4.62. The van der Waals surface area contributed by atoms with Gasteiger partial charge in [-0.15, -0.1) is 0 Å². The second kappa shape index (κ2) is 8.81. The summed E-state index contributed by atoms with van der Waals surface area (Å²) in [6, 6.07) is 8.26. The molecule has 2 N–H and O–H groups in total. The van der Waals surface area contributed by atoms with Crippen molar-refractivity contribution in [2.45, 2.75) is 57.8 Å². The van der Waals surface area contributed by atoms with Gasteiger partial charge in [0.15, 0.2) is 0 Å². The molecule has 0 aliphatic heterocycles. The van der Waals surface area contributed by atoms with Crippen molar-refractivity contribution in [2.75, 3.05) is 0 Å². The van der Waals surface area contributed by atoms with E-state index in [1.807, 2.05) is 12.1 Å². The minimum atomic E-state index is -0.389. The highest BCUT2D eigenvalue weighted by atomic mass is 16.2.